The molecule has 0 amide bonds. The predicted molar refractivity (Wildman–Crippen MR) is 72.5 cm³/mol. The van der Waals surface area contributed by atoms with E-state index in [9.17, 15) is 8.42 Å². The molecule has 0 aliphatic rings. The first-order valence-corrected chi connectivity index (χ1v) is 7.56. The Morgan fingerprint density at radius 2 is 2.17 bits per heavy atom. The van der Waals surface area contributed by atoms with Crippen molar-refractivity contribution in [1.29, 1.82) is 0 Å². The molecule has 0 spiro atoms. The van der Waals surface area contributed by atoms with Crippen LogP contribution >= 0.6 is 22.9 Å². The molecule has 98 valence electrons. The van der Waals surface area contributed by atoms with Gasteiger partial charge in [-0.3, -0.25) is 4.72 Å². The summed E-state index contributed by atoms with van der Waals surface area (Å²) < 4.78 is 28.5. The Morgan fingerprint density at radius 1 is 1.50 bits per heavy atom. The van der Waals surface area contributed by atoms with Gasteiger partial charge in [0.1, 0.15) is 4.21 Å². The molecule has 0 saturated heterocycles. The Bertz CT molecular complexity index is 689. The minimum absolute atomic E-state index is 0.130. The smallest absolute Gasteiger partial charge is 0.272 e. The zero-order chi connectivity index (χ0) is 13.5. The molecule has 2 aromatic rings. The van der Waals surface area contributed by atoms with E-state index in [0.29, 0.717) is 15.7 Å². The first-order valence-electron chi connectivity index (χ1n) is 4.88. The lowest BCUT2D eigenvalue weighted by Gasteiger charge is -2.07. The van der Waals surface area contributed by atoms with Crippen LogP contribution in [0.5, 0.6) is 0 Å². The molecular formula is C9H11ClN4O2S2. The average molecular weight is 307 g/mol. The third kappa shape index (κ3) is 2.31. The second kappa shape index (κ2) is 4.45. The molecule has 2 aromatic heterocycles. The number of nitrogens with two attached hydrogens (primary N) is 1. The van der Waals surface area contributed by atoms with Gasteiger partial charge >= 0.3 is 0 Å². The number of nitrogens with one attached hydrogen (secondary N) is 1. The standard InChI is InChI=1S/C9H11ClN4O2S2/c1-5-8(11)9(14(2)12-5)13-18(15,16)7-4-3-6(10)17-7/h3-4,13H,11H2,1-2H3. The summed E-state index contributed by atoms with van der Waals surface area (Å²) in [6, 6.07) is 2.97. The summed E-state index contributed by atoms with van der Waals surface area (Å²) in [5.41, 5.74) is 6.64. The van der Waals surface area contributed by atoms with E-state index >= 15 is 0 Å². The van der Waals surface area contributed by atoms with Crippen LogP contribution in [-0.4, -0.2) is 18.2 Å². The third-order valence-corrected chi connectivity index (χ3v) is 5.37. The van der Waals surface area contributed by atoms with Crippen molar-refractivity contribution in [2.75, 3.05) is 10.5 Å². The molecule has 2 heterocycles. The van der Waals surface area contributed by atoms with Crippen LogP contribution in [0, 0.1) is 6.92 Å². The summed E-state index contributed by atoms with van der Waals surface area (Å²) in [4.78, 5) is 0. The number of aryl methyl sites for hydroxylation is 2. The largest absolute Gasteiger partial charge is 0.394 e. The first-order chi connectivity index (χ1) is 8.31. The van der Waals surface area contributed by atoms with Crippen LogP contribution in [0.25, 0.3) is 0 Å². The van der Waals surface area contributed by atoms with Crippen LogP contribution in [0.1, 0.15) is 5.69 Å². The van der Waals surface area contributed by atoms with E-state index in [1.54, 1.807) is 14.0 Å². The Morgan fingerprint density at radius 3 is 2.61 bits per heavy atom. The second-order valence-corrected chi connectivity index (χ2v) is 7.26. The topological polar surface area (TPSA) is 90.0 Å². The van der Waals surface area contributed by atoms with Gasteiger partial charge < -0.3 is 5.73 Å². The highest BCUT2D eigenvalue weighted by atomic mass is 35.5. The van der Waals surface area contributed by atoms with E-state index in [-0.39, 0.29) is 10.0 Å². The molecule has 0 aliphatic heterocycles. The molecule has 3 N–H and O–H groups in total. The molecule has 0 bridgehead atoms. The molecule has 0 unspecified atom stereocenters. The van der Waals surface area contributed by atoms with E-state index in [0.717, 1.165) is 11.3 Å². The van der Waals surface area contributed by atoms with Gasteiger partial charge in [0.25, 0.3) is 10.0 Å². The fourth-order valence-corrected chi connectivity index (χ4v) is 4.01. The lowest BCUT2D eigenvalue weighted by Crippen LogP contribution is -2.15. The molecule has 0 aliphatic carbocycles. The fourth-order valence-electron chi connectivity index (χ4n) is 1.42. The van der Waals surface area contributed by atoms with Gasteiger partial charge in [-0.2, -0.15) is 5.10 Å². The van der Waals surface area contributed by atoms with Crippen LogP contribution in [-0.2, 0) is 17.1 Å². The van der Waals surface area contributed by atoms with Gasteiger partial charge in [-0.25, -0.2) is 13.1 Å². The monoisotopic (exact) mass is 306 g/mol. The van der Waals surface area contributed by atoms with Crippen molar-refractivity contribution in [3.05, 3.63) is 22.2 Å². The maximum absolute atomic E-state index is 12.1. The predicted octanol–water partition coefficient (Wildman–Crippen LogP) is 1.83. The maximum Gasteiger partial charge on any atom is 0.272 e. The molecule has 9 heteroatoms. The van der Waals surface area contributed by atoms with Crippen molar-refractivity contribution in [2.45, 2.75) is 11.1 Å². The number of hydrogen-bond acceptors (Lipinski definition) is 5. The number of thiophene rings is 1. The van der Waals surface area contributed by atoms with Crippen LogP contribution in [0.4, 0.5) is 11.5 Å². The quantitative estimate of drug-likeness (QED) is 0.905. The van der Waals surface area contributed by atoms with E-state index in [4.69, 9.17) is 17.3 Å². The van der Waals surface area contributed by atoms with Gasteiger partial charge in [-0.1, -0.05) is 11.6 Å². The molecule has 0 saturated carbocycles. The Kier molecular flexibility index (Phi) is 3.26. The molecule has 0 aromatic carbocycles. The minimum atomic E-state index is -3.68. The molecule has 0 radical (unpaired) electrons. The van der Waals surface area contributed by atoms with Crippen molar-refractivity contribution in [1.82, 2.24) is 9.78 Å². The lowest BCUT2D eigenvalue weighted by molar-refractivity contribution is 0.602. The van der Waals surface area contributed by atoms with E-state index < -0.39 is 10.0 Å². The zero-order valence-corrected chi connectivity index (χ0v) is 12.0. The highest BCUT2D eigenvalue weighted by Crippen LogP contribution is 2.29. The van der Waals surface area contributed by atoms with Crippen LogP contribution in [0.3, 0.4) is 0 Å². The molecule has 6 nitrogen and oxygen atoms in total. The van der Waals surface area contributed by atoms with Gasteiger partial charge in [0.05, 0.1) is 15.7 Å². The van der Waals surface area contributed by atoms with Crippen LogP contribution in [0.15, 0.2) is 16.3 Å². The maximum atomic E-state index is 12.1. The molecular weight excluding hydrogens is 296 g/mol. The summed E-state index contributed by atoms with van der Waals surface area (Å²) in [6.07, 6.45) is 0. The average Bonchev–Trinajstić information content (AvgIpc) is 2.80. The summed E-state index contributed by atoms with van der Waals surface area (Å²) in [6.45, 7) is 1.70. The number of anilines is 2. The highest BCUT2D eigenvalue weighted by molar-refractivity contribution is 7.94. The number of hydrogen-bond donors (Lipinski definition) is 2. The van der Waals surface area contributed by atoms with Crippen molar-refractivity contribution >= 4 is 44.5 Å². The van der Waals surface area contributed by atoms with E-state index in [1.165, 1.54) is 16.8 Å². The van der Waals surface area contributed by atoms with Gasteiger partial charge in [0, 0.05) is 7.05 Å². The number of nitrogens with zero attached hydrogens (tertiary/aromatic N) is 2. The number of sulfonamides is 1. The highest BCUT2D eigenvalue weighted by Gasteiger charge is 2.21. The summed E-state index contributed by atoms with van der Waals surface area (Å²) in [7, 11) is -2.07. The summed E-state index contributed by atoms with van der Waals surface area (Å²) in [5, 5.41) is 4.04. The first kappa shape index (κ1) is 13.2. The minimum Gasteiger partial charge on any atom is -0.394 e. The second-order valence-electron chi connectivity index (χ2n) is 3.64. The molecule has 2 rings (SSSR count). The Balaban J connectivity index is 2.39. The molecule has 0 atom stereocenters. The van der Waals surface area contributed by atoms with Crippen LogP contribution in [0.2, 0.25) is 4.34 Å². The third-order valence-electron chi connectivity index (χ3n) is 2.31. The molecule has 18 heavy (non-hydrogen) atoms. The van der Waals surface area contributed by atoms with Crippen molar-refractivity contribution < 1.29 is 8.42 Å². The molecule has 0 fully saturated rings. The number of rotatable bonds is 3. The van der Waals surface area contributed by atoms with Crippen molar-refractivity contribution in [2.24, 2.45) is 7.05 Å². The number of aromatic nitrogens is 2. The fraction of sp³-hybridized carbons (Fsp3) is 0.222. The summed E-state index contributed by atoms with van der Waals surface area (Å²) in [5.74, 6) is 0.247. The van der Waals surface area contributed by atoms with Crippen molar-refractivity contribution in [3.63, 3.8) is 0 Å². The Labute approximate surface area is 113 Å². The lowest BCUT2D eigenvalue weighted by atomic mass is 10.4. The van der Waals surface area contributed by atoms with Crippen molar-refractivity contribution in [3.8, 4) is 0 Å². The van der Waals surface area contributed by atoms with E-state index in [2.05, 4.69) is 9.82 Å². The number of nitrogen functional groups attached to an aromatic ring is 1. The van der Waals surface area contributed by atoms with Gasteiger partial charge in [-0.05, 0) is 19.1 Å². The number of halogens is 1. The van der Waals surface area contributed by atoms with Gasteiger partial charge in [0.2, 0.25) is 0 Å². The van der Waals surface area contributed by atoms with Gasteiger partial charge in [-0.15, -0.1) is 11.3 Å². The Hall–Kier alpha value is -1.25. The van der Waals surface area contributed by atoms with E-state index in [1.807, 2.05) is 0 Å². The van der Waals surface area contributed by atoms with Gasteiger partial charge in [0.15, 0.2) is 5.82 Å². The summed E-state index contributed by atoms with van der Waals surface area (Å²) >= 11 is 6.70. The normalized spacial score (nSPS) is 11.7. The zero-order valence-electron chi connectivity index (χ0n) is 9.64. The van der Waals surface area contributed by atoms with Crippen LogP contribution < -0.4 is 10.5 Å². The SMILES string of the molecule is Cc1nn(C)c(NS(=O)(=O)c2ccc(Cl)s2)c1N.